The van der Waals surface area contributed by atoms with Crippen molar-refractivity contribution in [1.82, 2.24) is 25.5 Å². The van der Waals surface area contributed by atoms with E-state index in [0.29, 0.717) is 12.6 Å². The Balaban J connectivity index is 1.61. The van der Waals surface area contributed by atoms with Gasteiger partial charge in [-0.2, -0.15) is 0 Å². The minimum Gasteiger partial charge on any atom is -0.490 e. The highest BCUT2D eigenvalue weighted by molar-refractivity contribution is 5.75. The number of amides is 1. The number of ether oxygens (including phenoxy) is 1. The average molecular weight is 315 g/mol. The minimum atomic E-state index is -0.135. The molecule has 0 atom stereocenters. The summed E-state index contributed by atoms with van der Waals surface area (Å²) in [4.78, 5) is 11.9. The number of benzene rings is 1. The maximum absolute atomic E-state index is 11.9. The molecule has 1 aromatic heterocycles. The molecule has 7 nitrogen and oxygen atoms in total. The van der Waals surface area contributed by atoms with Gasteiger partial charge in [-0.05, 0) is 54.7 Å². The molecule has 1 N–H and O–H groups in total. The van der Waals surface area contributed by atoms with Gasteiger partial charge in [0.05, 0.1) is 6.10 Å². The molecule has 1 heterocycles. The molecule has 3 rings (SSSR count). The molecule has 0 radical (unpaired) electrons. The predicted molar refractivity (Wildman–Crippen MR) is 83.7 cm³/mol. The molecule has 0 bridgehead atoms. The van der Waals surface area contributed by atoms with Gasteiger partial charge in [0.15, 0.2) is 0 Å². The van der Waals surface area contributed by atoms with E-state index < -0.39 is 0 Å². The lowest BCUT2D eigenvalue weighted by Gasteiger charge is -2.17. The van der Waals surface area contributed by atoms with Crippen molar-refractivity contribution in [3.05, 3.63) is 35.7 Å². The van der Waals surface area contributed by atoms with E-state index in [2.05, 4.69) is 20.8 Å². The second kappa shape index (κ2) is 7.21. The molecule has 0 aliphatic heterocycles. The van der Waals surface area contributed by atoms with Crippen molar-refractivity contribution < 1.29 is 9.53 Å². The monoisotopic (exact) mass is 315 g/mol. The van der Waals surface area contributed by atoms with E-state index in [4.69, 9.17) is 4.74 Å². The first-order chi connectivity index (χ1) is 11.2. The lowest BCUT2D eigenvalue weighted by atomic mass is 10.1. The summed E-state index contributed by atoms with van der Waals surface area (Å²) in [7, 11) is 0. The van der Waals surface area contributed by atoms with Crippen LogP contribution in [0.1, 0.15) is 36.8 Å². The third-order valence-corrected chi connectivity index (χ3v) is 3.99. The maximum Gasteiger partial charge on any atom is 0.242 e. The van der Waals surface area contributed by atoms with Crippen molar-refractivity contribution in [2.75, 3.05) is 0 Å². The molecule has 23 heavy (non-hydrogen) atoms. The van der Waals surface area contributed by atoms with Crippen molar-refractivity contribution in [3.63, 3.8) is 0 Å². The Hall–Kier alpha value is -2.44. The van der Waals surface area contributed by atoms with Gasteiger partial charge in [0.25, 0.3) is 0 Å². The molecule has 1 fully saturated rings. The van der Waals surface area contributed by atoms with Crippen LogP contribution in [0.2, 0.25) is 0 Å². The molecular formula is C16H21N5O2. The van der Waals surface area contributed by atoms with Gasteiger partial charge in [-0.15, -0.1) is 5.10 Å². The highest BCUT2D eigenvalue weighted by atomic mass is 16.5. The van der Waals surface area contributed by atoms with Crippen LogP contribution in [0.25, 0.3) is 0 Å². The Kier molecular flexibility index (Phi) is 4.85. The number of rotatable bonds is 6. The van der Waals surface area contributed by atoms with E-state index in [1.165, 1.54) is 23.9 Å². The Morgan fingerprint density at radius 1 is 1.39 bits per heavy atom. The van der Waals surface area contributed by atoms with Gasteiger partial charge in [-0.25, -0.2) is 4.68 Å². The first-order valence-electron chi connectivity index (χ1n) is 7.94. The van der Waals surface area contributed by atoms with Crippen LogP contribution in [0.3, 0.4) is 0 Å². The van der Waals surface area contributed by atoms with E-state index in [9.17, 15) is 4.79 Å². The maximum atomic E-state index is 11.9. The zero-order chi connectivity index (χ0) is 16.1. The fourth-order valence-corrected chi connectivity index (χ4v) is 2.75. The van der Waals surface area contributed by atoms with Crippen molar-refractivity contribution in [3.8, 4) is 5.75 Å². The molecule has 2 aromatic rings. The average Bonchev–Trinajstić information content (AvgIpc) is 3.20. The normalized spacial score (nSPS) is 14.8. The zero-order valence-corrected chi connectivity index (χ0v) is 13.2. The van der Waals surface area contributed by atoms with Gasteiger partial charge >= 0.3 is 0 Å². The summed E-state index contributed by atoms with van der Waals surface area (Å²) >= 11 is 0. The fourth-order valence-electron chi connectivity index (χ4n) is 2.75. The lowest BCUT2D eigenvalue weighted by Crippen LogP contribution is -2.27. The largest absolute Gasteiger partial charge is 0.490 e. The van der Waals surface area contributed by atoms with Gasteiger partial charge < -0.3 is 10.1 Å². The Morgan fingerprint density at radius 2 is 2.22 bits per heavy atom. The summed E-state index contributed by atoms with van der Waals surface area (Å²) in [5, 5.41) is 13.6. The highest BCUT2D eigenvalue weighted by Crippen LogP contribution is 2.27. The summed E-state index contributed by atoms with van der Waals surface area (Å²) < 4.78 is 7.53. The standard InChI is InChI=1S/C16H21N5O2/c1-12-6-7-13(15(8-12)23-14-4-2-3-5-14)9-17-16(22)10-21-11-18-19-20-21/h6-8,11,14H,2-5,9-10H2,1H3,(H,17,22). The number of hydrogen-bond acceptors (Lipinski definition) is 5. The number of carbonyl (C=O) groups is 1. The van der Waals surface area contributed by atoms with Crippen LogP contribution in [0, 0.1) is 6.92 Å². The minimum absolute atomic E-state index is 0.109. The number of nitrogens with one attached hydrogen (secondary N) is 1. The smallest absolute Gasteiger partial charge is 0.242 e. The third-order valence-electron chi connectivity index (χ3n) is 3.99. The van der Waals surface area contributed by atoms with Crippen molar-refractivity contribution in [2.45, 2.75) is 51.8 Å². The molecule has 122 valence electrons. The summed E-state index contributed by atoms with van der Waals surface area (Å²) in [6, 6.07) is 6.09. The van der Waals surface area contributed by atoms with Crippen LogP contribution >= 0.6 is 0 Å². The first kappa shape index (κ1) is 15.5. The van der Waals surface area contributed by atoms with Crippen LogP contribution in [-0.4, -0.2) is 32.2 Å². The van der Waals surface area contributed by atoms with Crippen LogP contribution in [0.5, 0.6) is 5.75 Å². The van der Waals surface area contributed by atoms with Gasteiger partial charge in [0, 0.05) is 12.1 Å². The first-order valence-corrected chi connectivity index (χ1v) is 7.94. The topological polar surface area (TPSA) is 81.9 Å². The van der Waals surface area contributed by atoms with Gasteiger partial charge in [-0.1, -0.05) is 12.1 Å². The number of hydrogen-bond donors (Lipinski definition) is 1. The third kappa shape index (κ3) is 4.28. The number of aryl methyl sites for hydroxylation is 1. The van der Waals surface area contributed by atoms with Gasteiger partial charge in [0.1, 0.15) is 18.6 Å². The Morgan fingerprint density at radius 3 is 2.96 bits per heavy atom. The summed E-state index contributed by atoms with van der Waals surface area (Å²) in [5.74, 6) is 0.740. The Labute approximate surface area is 135 Å². The molecule has 1 aromatic carbocycles. The van der Waals surface area contributed by atoms with E-state index in [1.807, 2.05) is 25.1 Å². The van der Waals surface area contributed by atoms with Gasteiger partial charge in [-0.3, -0.25) is 4.79 Å². The molecule has 1 aliphatic carbocycles. The van der Waals surface area contributed by atoms with Gasteiger partial charge in [0.2, 0.25) is 5.91 Å². The van der Waals surface area contributed by atoms with E-state index >= 15 is 0 Å². The molecular weight excluding hydrogens is 294 g/mol. The number of carbonyl (C=O) groups excluding carboxylic acids is 1. The second-order valence-corrected chi connectivity index (χ2v) is 5.92. The van der Waals surface area contributed by atoms with Crippen LogP contribution < -0.4 is 10.1 Å². The molecule has 7 heteroatoms. The van der Waals surface area contributed by atoms with E-state index in [1.54, 1.807) is 0 Å². The fraction of sp³-hybridized carbons (Fsp3) is 0.500. The van der Waals surface area contributed by atoms with Crippen LogP contribution in [-0.2, 0) is 17.9 Å². The van der Waals surface area contributed by atoms with E-state index in [0.717, 1.165) is 29.7 Å². The Bertz CT molecular complexity index is 650. The number of tetrazole rings is 1. The van der Waals surface area contributed by atoms with Crippen molar-refractivity contribution >= 4 is 5.91 Å². The highest BCUT2D eigenvalue weighted by Gasteiger charge is 2.18. The molecule has 0 unspecified atom stereocenters. The SMILES string of the molecule is Cc1ccc(CNC(=O)Cn2cnnn2)c(OC2CCCC2)c1. The number of nitrogens with zero attached hydrogens (tertiary/aromatic N) is 4. The van der Waals surface area contributed by atoms with E-state index in [-0.39, 0.29) is 12.5 Å². The summed E-state index contributed by atoms with van der Waals surface area (Å²) in [6.07, 6.45) is 6.40. The molecule has 1 saturated carbocycles. The zero-order valence-electron chi connectivity index (χ0n) is 13.2. The number of aromatic nitrogens is 4. The van der Waals surface area contributed by atoms with Crippen LogP contribution in [0.4, 0.5) is 0 Å². The summed E-state index contributed by atoms with van der Waals surface area (Å²) in [5.41, 5.74) is 2.15. The van der Waals surface area contributed by atoms with Crippen molar-refractivity contribution in [1.29, 1.82) is 0 Å². The van der Waals surface area contributed by atoms with Crippen molar-refractivity contribution in [2.24, 2.45) is 0 Å². The van der Waals surface area contributed by atoms with Crippen LogP contribution in [0.15, 0.2) is 24.5 Å². The predicted octanol–water partition coefficient (Wildman–Crippen LogP) is 1.62. The quantitative estimate of drug-likeness (QED) is 0.876. The molecule has 0 saturated heterocycles. The molecule has 1 amide bonds. The molecule has 0 spiro atoms. The summed E-state index contributed by atoms with van der Waals surface area (Å²) in [6.45, 7) is 2.59. The molecule has 1 aliphatic rings. The second-order valence-electron chi connectivity index (χ2n) is 5.92. The lowest BCUT2D eigenvalue weighted by molar-refractivity contribution is -0.122.